The first-order chi connectivity index (χ1) is 9.72. The molecule has 110 valence electrons. The molecule has 0 radical (unpaired) electrons. The Labute approximate surface area is 121 Å². The molecule has 0 bridgehead atoms. The number of carbonyl (C=O) groups excluding carboxylic acids is 1. The molecule has 1 aromatic carbocycles. The zero-order valence-corrected chi connectivity index (χ0v) is 12.3. The minimum absolute atomic E-state index is 0.0820. The van der Waals surface area contributed by atoms with E-state index in [1.165, 1.54) is 5.56 Å². The molecule has 4 nitrogen and oxygen atoms in total. The van der Waals surface area contributed by atoms with Gasteiger partial charge in [0.1, 0.15) is 0 Å². The molecule has 4 heteroatoms. The average Bonchev–Trinajstić information content (AvgIpc) is 2.95. The standard InChI is InChI=1S/C16H25N3O/c1-2-18(11-14-6-4-3-5-7-14)12-15-8-9-19(13-15)16(20)10-17/h3-7,15H,2,8-13,17H2,1H3. The normalized spacial score (nSPS) is 18.8. The lowest BCUT2D eigenvalue weighted by Gasteiger charge is -2.24. The maximum atomic E-state index is 11.6. The van der Waals surface area contributed by atoms with Gasteiger partial charge < -0.3 is 10.6 Å². The highest BCUT2D eigenvalue weighted by molar-refractivity contribution is 5.78. The molecular formula is C16H25N3O. The summed E-state index contributed by atoms with van der Waals surface area (Å²) in [6.07, 6.45) is 1.09. The summed E-state index contributed by atoms with van der Waals surface area (Å²) in [5.74, 6) is 0.660. The van der Waals surface area contributed by atoms with E-state index in [-0.39, 0.29) is 12.5 Å². The average molecular weight is 275 g/mol. The van der Waals surface area contributed by atoms with Gasteiger partial charge in [-0.05, 0) is 24.4 Å². The quantitative estimate of drug-likeness (QED) is 0.852. The van der Waals surface area contributed by atoms with E-state index in [2.05, 4.69) is 36.1 Å². The Morgan fingerprint density at radius 2 is 2.15 bits per heavy atom. The lowest BCUT2D eigenvalue weighted by Crippen LogP contribution is -2.36. The van der Waals surface area contributed by atoms with Crippen LogP contribution in [0, 0.1) is 5.92 Å². The van der Waals surface area contributed by atoms with Crippen molar-refractivity contribution in [2.45, 2.75) is 19.9 Å². The highest BCUT2D eigenvalue weighted by Gasteiger charge is 2.26. The molecule has 1 aliphatic heterocycles. The highest BCUT2D eigenvalue weighted by atomic mass is 16.2. The molecule has 1 heterocycles. The van der Waals surface area contributed by atoms with Crippen LogP contribution in [-0.4, -0.2) is 48.4 Å². The van der Waals surface area contributed by atoms with E-state index >= 15 is 0 Å². The number of amides is 1. The number of hydrogen-bond donors (Lipinski definition) is 1. The van der Waals surface area contributed by atoms with Gasteiger partial charge in [-0.1, -0.05) is 37.3 Å². The van der Waals surface area contributed by atoms with Gasteiger partial charge in [-0.25, -0.2) is 0 Å². The van der Waals surface area contributed by atoms with Crippen molar-refractivity contribution >= 4 is 5.91 Å². The maximum Gasteiger partial charge on any atom is 0.236 e. The van der Waals surface area contributed by atoms with Gasteiger partial charge in [-0.3, -0.25) is 9.69 Å². The molecule has 2 N–H and O–H groups in total. The van der Waals surface area contributed by atoms with Crippen LogP contribution in [0.2, 0.25) is 0 Å². The van der Waals surface area contributed by atoms with Crippen molar-refractivity contribution in [2.24, 2.45) is 11.7 Å². The number of likely N-dealkylation sites (tertiary alicyclic amines) is 1. The molecule has 1 aliphatic rings. The van der Waals surface area contributed by atoms with Gasteiger partial charge in [0.2, 0.25) is 5.91 Å². The number of nitrogens with two attached hydrogens (primary N) is 1. The van der Waals surface area contributed by atoms with Gasteiger partial charge in [-0.2, -0.15) is 0 Å². The van der Waals surface area contributed by atoms with Crippen molar-refractivity contribution in [1.82, 2.24) is 9.80 Å². The van der Waals surface area contributed by atoms with Crippen LogP contribution in [0.25, 0.3) is 0 Å². The topological polar surface area (TPSA) is 49.6 Å². The van der Waals surface area contributed by atoms with Gasteiger partial charge in [0.25, 0.3) is 0 Å². The van der Waals surface area contributed by atoms with Gasteiger partial charge in [0.15, 0.2) is 0 Å². The zero-order valence-electron chi connectivity index (χ0n) is 12.3. The monoisotopic (exact) mass is 275 g/mol. The second-order valence-corrected chi connectivity index (χ2v) is 5.51. The fourth-order valence-corrected chi connectivity index (χ4v) is 2.85. The van der Waals surface area contributed by atoms with E-state index in [1.54, 1.807) is 0 Å². The number of nitrogens with zero attached hydrogens (tertiary/aromatic N) is 2. The summed E-state index contributed by atoms with van der Waals surface area (Å²) in [7, 11) is 0. The number of hydrogen-bond acceptors (Lipinski definition) is 3. The zero-order chi connectivity index (χ0) is 14.4. The van der Waals surface area contributed by atoms with Crippen LogP contribution < -0.4 is 5.73 Å². The third-order valence-electron chi connectivity index (χ3n) is 4.03. The van der Waals surface area contributed by atoms with Crippen molar-refractivity contribution in [3.05, 3.63) is 35.9 Å². The van der Waals surface area contributed by atoms with Gasteiger partial charge in [0, 0.05) is 26.2 Å². The van der Waals surface area contributed by atoms with E-state index in [9.17, 15) is 4.79 Å². The van der Waals surface area contributed by atoms with E-state index in [0.717, 1.165) is 39.1 Å². The first-order valence-corrected chi connectivity index (χ1v) is 7.47. The van der Waals surface area contributed by atoms with E-state index in [0.29, 0.717) is 5.92 Å². The number of benzene rings is 1. The van der Waals surface area contributed by atoms with Crippen LogP contribution >= 0.6 is 0 Å². The van der Waals surface area contributed by atoms with Crippen molar-refractivity contribution in [2.75, 3.05) is 32.7 Å². The molecule has 1 atom stereocenters. The van der Waals surface area contributed by atoms with Crippen LogP contribution in [0.4, 0.5) is 0 Å². The Morgan fingerprint density at radius 3 is 2.80 bits per heavy atom. The molecule has 0 spiro atoms. The lowest BCUT2D eigenvalue weighted by molar-refractivity contribution is -0.128. The minimum atomic E-state index is 0.0820. The Hall–Kier alpha value is -1.39. The molecule has 2 rings (SSSR count). The molecule has 1 amide bonds. The summed E-state index contributed by atoms with van der Waals surface area (Å²) in [6, 6.07) is 10.6. The van der Waals surface area contributed by atoms with E-state index < -0.39 is 0 Å². The summed E-state index contributed by atoms with van der Waals surface area (Å²) in [5.41, 5.74) is 6.77. The fraction of sp³-hybridized carbons (Fsp3) is 0.562. The molecule has 1 unspecified atom stereocenters. The summed E-state index contributed by atoms with van der Waals surface area (Å²) >= 11 is 0. The maximum absolute atomic E-state index is 11.6. The summed E-state index contributed by atoms with van der Waals surface area (Å²) < 4.78 is 0. The largest absolute Gasteiger partial charge is 0.341 e. The molecule has 1 aromatic rings. The Kier molecular flexibility index (Phi) is 5.56. The fourth-order valence-electron chi connectivity index (χ4n) is 2.85. The number of rotatable bonds is 6. The Balaban J connectivity index is 1.84. The van der Waals surface area contributed by atoms with Crippen molar-refractivity contribution in [1.29, 1.82) is 0 Å². The lowest BCUT2D eigenvalue weighted by atomic mass is 10.1. The second-order valence-electron chi connectivity index (χ2n) is 5.51. The predicted molar refractivity (Wildman–Crippen MR) is 81.1 cm³/mol. The molecule has 0 aliphatic carbocycles. The summed E-state index contributed by atoms with van der Waals surface area (Å²) in [6.45, 7) is 7.13. The highest BCUT2D eigenvalue weighted by Crippen LogP contribution is 2.18. The molecule has 0 aromatic heterocycles. The third kappa shape index (κ3) is 4.05. The second kappa shape index (κ2) is 7.41. The van der Waals surface area contributed by atoms with Crippen LogP contribution in [0.15, 0.2) is 30.3 Å². The van der Waals surface area contributed by atoms with Gasteiger partial charge >= 0.3 is 0 Å². The van der Waals surface area contributed by atoms with Crippen LogP contribution in [-0.2, 0) is 11.3 Å². The smallest absolute Gasteiger partial charge is 0.236 e. The van der Waals surface area contributed by atoms with Crippen molar-refractivity contribution in [3.63, 3.8) is 0 Å². The van der Waals surface area contributed by atoms with Crippen molar-refractivity contribution in [3.8, 4) is 0 Å². The number of carbonyl (C=O) groups is 1. The first-order valence-electron chi connectivity index (χ1n) is 7.47. The predicted octanol–water partition coefficient (Wildman–Crippen LogP) is 1.32. The van der Waals surface area contributed by atoms with E-state index in [1.807, 2.05) is 11.0 Å². The minimum Gasteiger partial charge on any atom is -0.341 e. The first kappa shape index (κ1) is 15.0. The summed E-state index contributed by atoms with van der Waals surface area (Å²) in [5, 5.41) is 0. The Bertz CT molecular complexity index is 421. The van der Waals surface area contributed by atoms with E-state index in [4.69, 9.17) is 5.73 Å². The van der Waals surface area contributed by atoms with Gasteiger partial charge in [-0.15, -0.1) is 0 Å². The summed E-state index contributed by atoms with van der Waals surface area (Å²) in [4.78, 5) is 16.0. The van der Waals surface area contributed by atoms with Crippen molar-refractivity contribution < 1.29 is 4.79 Å². The van der Waals surface area contributed by atoms with Crippen LogP contribution in [0.5, 0.6) is 0 Å². The molecule has 0 saturated carbocycles. The molecule has 1 fully saturated rings. The molecular weight excluding hydrogens is 250 g/mol. The molecule has 1 saturated heterocycles. The molecule has 20 heavy (non-hydrogen) atoms. The van der Waals surface area contributed by atoms with Crippen LogP contribution in [0.3, 0.4) is 0 Å². The Morgan fingerprint density at radius 1 is 1.40 bits per heavy atom. The van der Waals surface area contributed by atoms with Crippen LogP contribution in [0.1, 0.15) is 18.9 Å². The third-order valence-corrected chi connectivity index (χ3v) is 4.03. The SMILES string of the molecule is CCN(Cc1ccccc1)CC1CCN(C(=O)CN)C1. The van der Waals surface area contributed by atoms with Gasteiger partial charge in [0.05, 0.1) is 6.54 Å².